The highest BCUT2D eigenvalue weighted by Gasteiger charge is 2.72. The van der Waals surface area contributed by atoms with E-state index in [2.05, 4.69) is 0 Å². The van der Waals surface area contributed by atoms with Crippen molar-refractivity contribution in [1.29, 1.82) is 0 Å². The lowest BCUT2D eigenvalue weighted by Crippen LogP contribution is -2.54. The van der Waals surface area contributed by atoms with Gasteiger partial charge in [-0.15, -0.1) is 0 Å². The number of halogens is 6. The molecule has 252 valence electrons. The van der Waals surface area contributed by atoms with Gasteiger partial charge in [-0.2, -0.15) is 26.3 Å². The molecule has 0 saturated heterocycles. The Hall–Kier alpha value is -5.46. The van der Waals surface area contributed by atoms with Crippen LogP contribution in [-0.4, -0.2) is 53.0 Å². The predicted molar refractivity (Wildman–Crippen MR) is 166 cm³/mol. The monoisotopic (exact) mass is 680 g/mol. The van der Waals surface area contributed by atoms with Crippen LogP contribution in [0.3, 0.4) is 0 Å². The topological polar surface area (TPSA) is 95.0 Å². The number of alkyl halides is 6. The lowest BCUT2D eigenvalue weighted by molar-refractivity contribution is -0.288. The summed E-state index contributed by atoms with van der Waals surface area (Å²) in [5.41, 5.74) is -5.63. The molecule has 49 heavy (non-hydrogen) atoms. The SMILES string of the molecule is Cc1ccc(C(c2ccc(O)c(N3C(=O)c4cc(C)c(-c5cc6c(cc5C)C(=O)N(C)C6=O)cc4C3=O)c2)(C(F)(F)F)C(F)(F)F)cc1C. The van der Waals surface area contributed by atoms with E-state index in [1.165, 1.54) is 45.2 Å². The average molecular weight is 681 g/mol. The smallest absolute Gasteiger partial charge is 0.411 e. The van der Waals surface area contributed by atoms with Crippen LogP contribution in [0.2, 0.25) is 0 Å². The number of fused-ring (bicyclic) bond motifs is 2. The van der Waals surface area contributed by atoms with Crippen molar-refractivity contribution in [3.05, 3.63) is 116 Å². The lowest BCUT2D eigenvalue weighted by atomic mass is 9.72. The van der Waals surface area contributed by atoms with Gasteiger partial charge in [0.05, 0.1) is 27.9 Å². The van der Waals surface area contributed by atoms with Crippen LogP contribution in [0.15, 0.2) is 60.7 Å². The maximum atomic E-state index is 14.9. The third kappa shape index (κ3) is 4.66. The number of phenolic OH excluding ortho intramolecular Hbond substituents is 1. The van der Waals surface area contributed by atoms with Crippen molar-refractivity contribution in [2.75, 3.05) is 11.9 Å². The number of imide groups is 2. The molecule has 2 aliphatic rings. The van der Waals surface area contributed by atoms with Gasteiger partial charge in [-0.3, -0.25) is 24.1 Å². The van der Waals surface area contributed by atoms with Gasteiger partial charge in [0.2, 0.25) is 5.41 Å². The fourth-order valence-electron chi connectivity index (χ4n) is 6.60. The molecule has 4 amide bonds. The number of carbonyl (C=O) groups is 4. The van der Waals surface area contributed by atoms with Crippen molar-refractivity contribution in [3.63, 3.8) is 0 Å². The summed E-state index contributed by atoms with van der Waals surface area (Å²) in [5.74, 6) is -4.12. The first kappa shape index (κ1) is 33.4. The summed E-state index contributed by atoms with van der Waals surface area (Å²) in [5, 5.41) is 10.7. The molecule has 7 nitrogen and oxygen atoms in total. The van der Waals surface area contributed by atoms with E-state index in [1.54, 1.807) is 13.8 Å². The van der Waals surface area contributed by atoms with Crippen LogP contribution in [0.4, 0.5) is 32.0 Å². The average Bonchev–Trinajstić information content (AvgIpc) is 3.36. The van der Waals surface area contributed by atoms with Gasteiger partial charge in [0.1, 0.15) is 5.75 Å². The van der Waals surface area contributed by atoms with Gasteiger partial charge in [0.25, 0.3) is 23.6 Å². The number of carbonyl (C=O) groups excluding carboxylic acids is 4. The Morgan fingerprint density at radius 3 is 1.43 bits per heavy atom. The summed E-state index contributed by atoms with van der Waals surface area (Å²) in [6.07, 6.45) is -11.9. The van der Waals surface area contributed by atoms with Crippen LogP contribution in [0.5, 0.6) is 5.75 Å². The van der Waals surface area contributed by atoms with E-state index in [4.69, 9.17) is 0 Å². The minimum atomic E-state index is -5.95. The highest BCUT2D eigenvalue weighted by atomic mass is 19.4. The molecule has 0 spiro atoms. The van der Waals surface area contributed by atoms with Crippen molar-refractivity contribution in [2.45, 2.75) is 45.5 Å². The third-order valence-corrected chi connectivity index (χ3v) is 9.40. The Bertz CT molecular complexity index is 2150. The fraction of sp³-hybridized carbons (Fsp3) is 0.222. The molecule has 2 aliphatic heterocycles. The molecule has 6 rings (SSSR count). The molecule has 0 radical (unpaired) electrons. The van der Waals surface area contributed by atoms with Gasteiger partial charge >= 0.3 is 12.4 Å². The fourth-order valence-corrected chi connectivity index (χ4v) is 6.60. The molecule has 0 atom stereocenters. The Labute approximate surface area is 275 Å². The van der Waals surface area contributed by atoms with Crippen molar-refractivity contribution < 1.29 is 50.6 Å². The predicted octanol–water partition coefficient (Wildman–Crippen LogP) is 7.73. The summed E-state index contributed by atoms with van der Waals surface area (Å²) in [6, 6.07) is 9.74. The largest absolute Gasteiger partial charge is 0.506 e. The molecule has 0 aromatic heterocycles. The van der Waals surface area contributed by atoms with E-state index in [-0.39, 0.29) is 27.8 Å². The molecule has 4 aromatic rings. The minimum Gasteiger partial charge on any atom is -0.506 e. The second-order valence-corrected chi connectivity index (χ2v) is 12.3. The Morgan fingerprint density at radius 2 is 0.939 bits per heavy atom. The highest BCUT2D eigenvalue weighted by Crippen LogP contribution is 2.57. The van der Waals surface area contributed by atoms with Gasteiger partial charge in [0, 0.05) is 7.05 Å². The number of rotatable bonds is 4. The number of benzene rings is 4. The van der Waals surface area contributed by atoms with Gasteiger partial charge in [-0.05, 0) is 109 Å². The van der Waals surface area contributed by atoms with Crippen LogP contribution in [0.25, 0.3) is 11.1 Å². The summed E-state index contributed by atoms with van der Waals surface area (Å²) in [4.78, 5) is 53.9. The zero-order chi connectivity index (χ0) is 36.1. The maximum absolute atomic E-state index is 14.9. The molecule has 2 heterocycles. The van der Waals surface area contributed by atoms with Crippen LogP contribution >= 0.6 is 0 Å². The first-order chi connectivity index (χ1) is 22.7. The molecule has 0 unspecified atom stereocenters. The van der Waals surface area contributed by atoms with Crippen LogP contribution in [-0.2, 0) is 5.41 Å². The standard InChI is InChI=1S/C36H26F6N2O5/c1-16-6-7-20(10-17(16)2)34(35(37,38)39,36(40,41)42)21-8-9-29(45)28(13-21)44-32(48)25-12-19(4)23(15-27(25)33(44)49)22-14-26-24(11-18(22)3)30(46)43(5)31(26)47/h6-15,45H,1-5H3. The second kappa shape index (κ2) is 10.8. The number of nitrogens with zero attached hydrogens (tertiary/aromatic N) is 2. The second-order valence-electron chi connectivity index (χ2n) is 12.3. The van der Waals surface area contributed by atoms with E-state index in [1.807, 2.05) is 0 Å². The van der Waals surface area contributed by atoms with Gasteiger partial charge in [-0.25, -0.2) is 4.90 Å². The quantitative estimate of drug-likeness (QED) is 0.176. The lowest BCUT2D eigenvalue weighted by Gasteiger charge is -2.39. The summed E-state index contributed by atoms with van der Waals surface area (Å²) >= 11 is 0. The highest BCUT2D eigenvalue weighted by molar-refractivity contribution is 6.35. The van der Waals surface area contributed by atoms with Crippen molar-refractivity contribution >= 4 is 29.3 Å². The number of aromatic hydroxyl groups is 1. The molecule has 0 aliphatic carbocycles. The molecule has 0 bridgehead atoms. The van der Waals surface area contributed by atoms with E-state index in [9.17, 15) is 50.6 Å². The van der Waals surface area contributed by atoms with Crippen molar-refractivity contribution in [3.8, 4) is 16.9 Å². The normalized spacial score (nSPS) is 15.0. The Morgan fingerprint density at radius 1 is 0.510 bits per heavy atom. The number of aryl methyl sites for hydroxylation is 4. The third-order valence-electron chi connectivity index (χ3n) is 9.40. The summed E-state index contributed by atoms with van der Waals surface area (Å²) in [6.45, 7) is 6.17. The summed E-state index contributed by atoms with van der Waals surface area (Å²) < 4.78 is 89.5. The van der Waals surface area contributed by atoms with Crippen LogP contribution < -0.4 is 4.90 Å². The minimum absolute atomic E-state index is 0.125. The van der Waals surface area contributed by atoms with Gasteiger partial charge < -0.3 is 5.11 Å². The molecule has 1 N–H and O–H groups in total. The van der Waals surface area contributed by atoms with Crippen molar-refractivity contribution in [2.24, 2.45) is 0 Å². The molecule has 4 aromatic carbocycles. The molecular formula is C36H26F6N2O5. The van der Waals surface area contributed by atoms with Gasteiger partial charge in [-0.1, -0.05) is 24.3 Å². The zero-order valence-electron chi connectivity index (χ0n) is 26.5. The first-order valence-corrected chi connectivity index (χ1v) is 14.8. The maximum Gasteiger partial charge on any atom is 0.411 e. The Kier molecular flexibility index (Phi) is 7.35. The summed E-state index contributed by atoms with van der Waals surface area (Å²) in [7, 11) is 1.33. The Balaban J connectivity index is 1.51. The van der Waals surface area contributed by atoms with E-state index in [0.29, 0.717) is 50.9 Å². The van der Waals surface area contributed by atoms with Gasteiger partial charge in [0.15, 0.2) is 0 Å². The van der Waals surface area contributed by atoms with E-state index >= 15 is 0 Å². The van der Waals surface area contributed by atoms with E-state index < -0.39 is 64.0 Å². The van der Waals surface area contributed by atoms with Crippen molar-refractivity contribution in [1.82, 2.24) is 4.90 Å². The molecular weight excluding hydrogens is 654 g/mol. The number of phenols is 1. The number of hydrogen-bond donors (Lipinski definition) is 1. The van der Waals surface area contributed by atoms with Crippen LogP contribution in [0, 0.1) is 27.7 Å². The zero-order valence-corrected chi connectivity index (χ0v) is 26.5. The van der Waals surface area contributed by atoms with Crippen LogP contribution in [0.1, 0.15) is 74.8 Å². The molecule has 0 saturated carbocycles. The first-order valence-electron chi connectivity index (χ1n) is 14.8. The number of amides is 4. The number of hydrogen-bond acceptors (Lipinski definition) is 5. The molecule has 0 fully saturated rings. The number of anilines is 1. The molecule has 13 heteroatoms. The van der Waals surface area contributed by atoms with E-state index in [0.717, 1.165) is 23.1 Å².